The van der Waals surface area contributed by atoms with E-state index in [1.165, 1.54) is 11.1 Å². The molecule has 0 radical (unpaired) electrons. The van der Waals surface area contributed by atoms with Gasteiger partial charge in [0.15, 0.2) is 0 Å². The molecule has 0 aliphatic carbocycles. The molecule has 8 N–H and O–H groups in total. The highest BCUT2D eigenvalue weighted by Crippen LogP contribution is 2.33. The largest absolute Gasteiger partial charge is 0.399 e. The van der Waals surface area contributed by atoms with Gasteiger partial charge in [-0.25, -0.2) is 0 Å². The number of benzene rings is 3. The second-order valence-electron chi connectivity index (χ2n) is 6.26. The number of nitrogen functional groups attached to an aromatic ring is 4. The standard InChI is InChI=1S/C15H18N2.C6H8N2/c1-10(2)12-5-3-4-6-13(12)14-9-11(16)7-8-15(14)17;7-5-1-2-6(8)4-3-5/h3-10H,16-17H2,1-2H3;1-4H,7-8H2. The third kappa shape index (κ3) is 4.91. The van der Waals surface area contributed by atoms with Crippen molar-refractivity contribution < 1.29 is 0 Å². The minimum atomic E-state index is 0.465. The molecule has 0 aromatic heterocycles. The van der Waals surface area contributed by atoms with Crippen molar-refractivity contribution in [1.29, 1.82) is 0 Å². The van der Waals surface area contributed by atoms with E-state index in [0.29, 0.717) is 5.92 Å². The van der Waals surface area contributed by atoms with Gasteiger partial charge in [-0.3, -0.25) is 0 Å². The van der Waals surface area contributed by atoms with Gasteiger partial charge in [-0.2, -0.15) is 0 Å². The van der Waals surface area contributed by atoms with E-state index in [9.17, 15) is 0 Å². The lowest BCUT2D eigenvalue weighted by Crippen LogP contribution is -1.97. The summed E-state index contributed by atoms with van der Waals surface area (Å²) in [5.74, 6) is 0.465. The molecule has 3 aromatic carbocycles. The zero-order valence-corrected chi connectivity index (χ0v) is 14.7. The smallest absolute Gasteiger partial charge is 0.0395 e. The Morgan fingerprint density at radius 1 is 0.600 bits per heavy atom. The molecule has 0 bridgehead atoms. The minimum Gasteiger partial charge on any atom is -0.399 e. The van der Waals surface area contributed by atoms with Gasteiger partial charge in [-0.1, -0.05) is 38.1 Å². The monoisotopic (exact) mass is 334 g/mol. The summed E-state index contributed by atoms with van der Waals surface area (Å²) >= 11 is 0. The molecule has 0 heterocycles. The van der Waals surface area contributed by atoms with E-state index in [2.05, 4.69) is 32.0 Å². The predicted molar refractivity (Wildman–Crippen MR) is 110 cm³/mol. The van der Waals surface area contributed by atoms with Gasteiger partial charge in [-0.05, 0) is 59.5 Å². The fourth-order valence-corrected chi connectivity index (χ4v) is 2.55. The van der Waals surface area contributed by atoms with Crippen LogP contribution in [0.3, 0.4) is 0 Å². The van der Waals surface area contributed by atoms with E-state index in [1.54, 1.807) is 24.3 Å². The van der Waals surface area contributed by atoms with Crippen LogP contribution in [0, 0.1) is 0 Å². The molecule has 0 amide bonds. The van der Waals surface area contributed by atoms with E-state index in [1.807, 2.05) is 24.3 Å². The molecular formula is C21H26N4. The van der Waals surface area contributed by atoms with Crippen LogP contribution in [0.1, 0.15) is 25.3 Å². The Morgan fingerprint density at radius 2 is 1.12 bits per heavy atom. The maximum absolute atomic E-state index is 6.03. The van der Waals surface area contributed by atoms with Crippen molar-refractivity contribution in [2.45, 2.75) is 19.8 Å². The maximum Gasteiger partial charge on any atom is 0.0395 e. The SMILES string of the molecule is CC(C)c1ccccc1-c1cc(N)ccc1N.Nc1ccc(N)cc1. The normalized spacial score (nSPS) is 10.2. The Labute approximate surface area is 149 Å². The van der Waals surface area contributed by atoms with Crippen LogP contribution in [0.4, 0.5) is 22.7 Å². The lowest BCUT2D eigenvalue weighted by atomic mass is 9.92. The number of nitrogens with two attached hydrogens (primary N) is 4. The maximum atomic E-state index is 6.03. The molecule has 0 aliphatic heterocycles. The topological polar surface area (TPSA) is 104 Å². The Morgan fingerprint density at radius 3 is 1.68 bits per heavy atom. The van der Waals surface area contributed by atoms with E-state index < -0.39 is 0 Å². The summed E-state index contributed by atoms with van der Waals surface area (Å²) in [5.41, 5.74) is 29.1. The molecule has 0 unspecified atom stereocenters. The average molecular weight is 334 g/mol. The van der Waals surface area contributed by atoms with Crippen molar-refractivity contribution in [3.05, 3.63) is 72.3 Å². The van der Waals surface area contributed by atoms with Gasteiger partial charge in [0.25, 0.3) is 0 Å². The third-order valence-corrected chi connectivity index (χ3v) is 3.89. The summed E-state index contributed by atoms with van der Waals surface area (Å²) < 4.78 is 0. The Balaban J connectivity index is 0.000000236. The van der Waals surface area contributed by atoms with Crippen LogP contribution < -0.4 is 22.9 Å². The number of rotatable bonds is 2. The molecule has 0 saturated heterocycles. The van der Waals surface area contributed by atoms with Crippen molar-refractivity contribution >= 4 is 22.7 Å². The van der Waals surface area contributed by atoms with Gasteiger partial charge in [0.05, 0.1) is 0 Å². The summed E-state index contributed by atoms with van der Waals surface area (Å²) in [7, 11) is 0. The van der Waals surface area contributed by atoms with Crippen molar-refractivity contribution in [2.24, 2.45) is 0 Å². The van der Waals surface area contributed by atoms with E-state index in [4.69, 9.17) is 22.9 Å². The number of hydrogen-bond donors (Lipinski definition) is 4. The third-order valence-electron chi connectivity index (χ3n) is 3.89. The molecule has 3 rings (SSSR count). The first-order valence-electron chi connectivity index (χ1n) is 8.23. The fourth-order valence-electron chi connectivity index (χ4n) is 2.55. The van der Waals surface area contributed by atoms with Crippen LogP contribution in [-0.2, 0) is 0 Å². The molecule has 0 atom stereocenters. The molecule has 0 saturated carbocycles. The highest BCUT2D eigenvalue weighted by atomic mass is 14.6. The lowest BCUT2D eigenvalue weighted by Gasteiger charge is -2.14. The first-order chi connectivity index (χ1) is 11.9. The van der Waals surface area contributed by atoms with Gasteiger partial charge in [0.2, 0.25) is 0 Å². The zero-order chi connectivity index (χ0) is 18.4. The Kier molecular flexibility index (Phi) is 5.90. The molecule has 0 aliphatic rings. The van der Waals surface area contributed by atoms with Crippen molar-refractivity contribution in [3.63, 3.8) is 0 Å². The molecular weight excluding hydrogens is 308 g/mol. The molecule has 25 heavy (non-hydrogen) atoms. The van der Waals surface area contributed by atoms with Gasteiger partial charge in [-0.15, -0.1) is 0 Å². The van der Waals surface area contributed by atoms with E-state index >= 15 is 0 Å². The van der Waals surface area contributed by atoms with E-state index in [-0.39, 0.29) is 0 Å². The van der Waals surface area contributed by atoms with Crippen LogP contribution >= 0.6 is 0 Å². The number of anilines is 4. The van der Waals surface area contributed by atoms with Crippen LogP contribution in [0.2, 0.25) is 0 Å². The van der Waals surface area contributed by atoms with E-state index in [0.717, 1.165) is 28.3 Å². The molecule has 130 valence electrons. The minimum absolute atomic E-state index is 0.465. The Hall–Kier alpha value is -3.14. The lowest BCUT2D eigenvalue weighted by molar-refractivity contribution is 0.869. The van der Waals surface area contributed by atoms with Gasteiger partial charge < -0.3 is 22.9 Å². The summed E-state index contributed by atoms with van der Waals surface area (Å²) in [5, 5.41) is 0. The Bertz CT molecular complexity index is 803. The zero-order valence-electron chi connectivity index (χ0n) is 14.7. The quantitative estimate of drug-likeness (QED) is 0.518. The van der Waals surface area contributed by atoms with Crippen molar-refractivity contribution in [3.8, 4) is 11.1 Å². The van der Waals surface area contributed by atoms with Crippen LogP contribution in [0.5, 0.6) is 0 Å². The van der Waals surface area contributed by atoms with Crippen molar-refractivity contribution in [2.75, 3.05) is 22.9 Å². The number of hydrogen-bond acceptors (Lipinski definition) is 4. The van der Waals surface area contributed by atoms with Gasteiger partial charge >= 0.3 is 0 Å². The molecule has 4 nitrogen and oxygen atoms in total. The first kappa shape index (κ1) is 18.2. The molecule has 4 heteroatoms. The highest BCUT2D eigenvalue weighted by molar-refractivity contribution is 5.81. The second-order valence-corrected chi connectivity index (χ2v) is 6.26. The predicted octanol–water partition coefficient (Wildman–Crippen LogP) is 4.49. The summed E-state index contributed by atoms with van der Waals surface area (Å²) in [4.78, 5) is 0. The van der Waals surface area contributed by atoms with Crippen LogP contribution in [0.25, 0.3) is 11.1 Å². The van der Waals surface area contributed by atoms with Gasteiger partial charge in [0.1, 0.15) is 0 Å². The van der Waals surface area contributed by atoms with Crippen LogP contribution in [-0.4, -0.2) is 0 Å². The summed E-state index contributed by atoms with van der Waals surface area (Å²) in [6.45, 7) is 4.36. The summed E-state index contributed by atoms with van der Waals surface area (Å²) in [6.07, 6.45) is 0. The average Bonchev–Trinajstić information content (AvgIpc) is 2.60. The molecule has 0 spiro atoms. The molecule has 0 fully saturated rings. The van der Waals surface area contributed by atoms with Crippen molar-refractivity contribution in [1.82, 2.24) is 0 Å². The first-order valence-corrected chi connectivity index (χ1v) is 8.23. The summed E-state index contributed by atoms with van der Waals surface area (Å²) in [6, 6.07) is 21.1. The fraction of sp³-hybridized carbons (Fsp3) is 0.143. The molecule has 3 aromatic rings. The van der Waals surface area contributed by atoms with Crippen LogP contribution in [0.15, 0.2) is 66.7 Å². The second kappa shape index (κ2) is 8.11. The van der Waals surface area contributed by atoms with Gasteiger partial charge in [0, 0.05) is 28.3 Å². The highest BCUT2D eigenvalue weighted by Gasteiger charge is 2.10.